The largest absolute Gasteiger partial charge is 0.365 e. The minimum atomic E-state index is -0.434. The summed E-state index contributed by atoms with van der Waals surface area (Å²) in [6, 6.07) is 11.4. The Hall–Kier alpha value is -2.11. The van der Waals surface area contributed by atoms with Crippen LogP contribution in [-0.4, -0.2) is 42.0 Å². The molecule has 1 aromatic carbocycles. The summed E-state index contributed by atoms with van der Waals surface area (Å²) in [4.78, 5) is 20.4. The van der Waals surface area contributed by atoms with E-state index in [0.29, 0.717) is 11.4 Å². The van der Waals surface area contributed by atoms with Crippen molar-refractivity contribution in [2.75, 3.05) is 31.1 Å². The van der Waals surface area contributed by atoms with Crippen molar-refractivity contribution in [2.24, 2.45) is 5.73 Å². The molecule has 1 amide bonds. The van der Waals surface area contributed by atoms with Crippen molar-refractivity contribution in [3.8, 4) is 0 Å². The van der Waals surface area contributed by atoms with Crippen LogP contribution in [0.5, 0.6) is 0 Å². The van der Waals surface area contributed by atoms with E-state index in [9.17, 15) is 4.79 Å². The van der Waals surface area contributed by atoms with Gasteiger partial charge in [0.15, 0.2) is 0 Å². The lowest BCUT2D eigenvalue weighted by Crippen LogP contribution is -2.46. The van der Waals surface area contributed by atoms with Crippen LogP contribution in [0.25, 0.3) is 0 Å². The highest BCUT2D eigenvalue weighted by Gasteiger charge is 2.21. The molecule has 3 rings (SSSR count). The minimum absolute atomic E-state index is 0.434. The van der Waals surface area contributed by atoms with Crippen LogP contribution in [0.2, 0.25) is 5.02 Å². The van der Waals surface area contributed by atoms with Crippen LogP contribution in [0.1, 0.15) is 15.9 Å². The number of pyridine rings is 1. The summed E-state index contributed by atoms with van der Waals surface area (Å²) in [5, 5.41) is 0.757. The third kappa shape index (κ3) is 3.81. The number of anilines is 1. The number of aromatic nitrogens is 1. The third-order valence-corrected chi connectivity index (χ3v) is 4.30. The Morgan fingerprint density at radius 1 is 1.13 bits per heavy atom. The van der Waals surface area contributed by atoms with E-state index in [1.54, 1.807) is 18.3 Å². The molecule has 1 fully saturated rings. The fraction of sp³-hybridized carbons (Fsp3) is 0.294. The summed E-state index contributed by atoms with van der Waals surface area (Å²) in [7, 11) is 0. The van der Waals surface area contributed by atoms with Gasteiger partial charge in [0.1, 0.15) is 5.82 Å². The maximum absolute atomic E-state index is 11.5. The summed E-state index contributed by atoms with van der Waals surface area (Å²) >= 11 is 5.92. The predicted molar refractivity (Wildman–Crippen MR) is 91.7 cm³/mol. The first-order valence-corrected chi connectivity index (χ1v) is 7.98. The van der Waals surface area contributed by atoms with Gasteiger partial charge in [-0.1, -0.05) is 23.7 Å². The highest BCUT2D eigenvalue weighted by atomic mass is 35.5. The van der Waals surface area contributed by atoms with Crippen LogP contribution in [0.15, 0.2) is 42.6 Å². The van der Waals surface area contributed by atoms with Crippen molar-refractivity contribution in [3.63, 3.8) is 0 Å². The van der Waals surface area contributed by atoms with Crippen molar-refractivity contribution in [1.29, 1.82) is 0 Å². The summed E-state index contributed by atoms with van der Waals surface area (Å²) in [6.45, 7) is 4.38. The fourth-order valence-corrected chi connectivity index (χ4v) is 2.93. The molecule has 0 atom stereocenters. The van der Waals surface area contributed by atoms with Crippen LogP contribution in [-0.2, 0) is 6.54 Å². The molecule has 5 nitrogen and oxygen atoms in total. The summed E-state index contributed by atoms with van der Waals surface area (Å²) in [6.07, 6.45) is 1.70. The first-order chi connectivity index (χ1) is 11.1. The Morgan fingerprint density at radius 3 is 2.48 bits per heavy atom. The van der Waals surface area contributed by atoms with Crippen LogP contribution >= 0.6 is 11.6 Å². The second-order valence-corrected chi connectivity index (χ2v) is 6.06. The topological polar surface area (TPSA) is 62.5 Å². The summed E-state index contributed by atoms with van der Waals surface area (Å²) < 4.78 is 0. The molecule has 1 aliphatic rings. The van der Waals surface area contributed by atoms with E-state index < -0.39 is 5.91 Å². The Labute approximate surface area is 140 Å². The third-order valence-electron chi connectivity index (χ3n) is 4.04. The van der Waals surface area contributed by atoms with Crippen molar-refractivity contribution in [2.45, 2.75) is 6.54 Å². The number of hydrogen-bond acceptors (Lipinski definition) is 4. The first kappa shape index (κ1) is 15.8. The van der Waals surface area contributed by atoms with Gasteiger partial charge in [-0.25, -0.2) is 4.98 Å². The lowest BCUT2D eigenvalue weighted by atomic mass is 10.2. The molecular weight excluding hydrogens is 312 g/mol. The quantitative estimate of drug-likeness (QED) is 0.933. The number of piperazine rings is 1. The van der Waals surface area contributed by atoms with E-state index in [1.165, 1.54) is 5.56 Å². The number of nitrogens with two attached hydrogens (primary N) is 1. The van der Waals surface area contributed by atoms with E-state index in [1.807, 2.05) is 12.1 Å². The molecule has 0 saturated carbocycles. The molecule has 1 aromatic heterocycles. The molecule has 0 unspecified atom stereocenters. The van der Waals surface area contributed by atoms with Gasteiger partial charge >= 0.3 is 0 Å². The van der Waals surface area contributed by atoms with Crippen molar-refractivity contribution >= 4 is 23.3 Å². The molecule has 1 saturated heterocycles. The van der Waals surface area contributed by atoms with Crippen molar-refractivity contribution < 1.29 is 4.79 Å². The number of halogens is 1. The van der Waals surface area contributed by atoms with Gasteiger partial charge in [0.25, 0.3) is 5.91 Å². The average Bonchev–Trinajstić information content (AvgIpc) is 2.58. The van der Waals surface area contributed by atoms with Crippen LogP contribution in [0.4, 0.5) is 5.82 Å². The fourth-order valence-electron chi connectivity index (χ4n) is 2.81. The van der Waals surface area contributed by atoms with E-state index in [2.05, 4.69) is 26.9 Å². The zero-order chi connectivity index (χ0) is 16.2. The second-order valence-electron chi connectivity index (χ2n) is 5.63. The number of hydrogen-bond donors (Lipinski definition) is 1. The standard InChI is InChI=1S/C17H19ClN4O/c18-14-5-3-13(4-6-14)12-21-8-10-22(11-9-21)17-15(16(19)23)2-1-7-20-17/h1-7H,8-12H2,(H2,19,23). The first-order valence-electron chi connectivity index (χ1n) is 7.60. The van der Waals surface area contributed by atoms with Crippen molar-refractivity contribution in [1.82, 2.24) is 9.88 Å². The van der Waals surface area contributed by atoms with E-state index in [-0.39, 0.29) is 0 Å². The number of rotatable bonds is 4. The molecule has 2 heterocycles. The van der Waals surface area contributed by atoms with Gasteiger partial charge in [-0.05, 0) is 29.8 Å². The van der Waals surface area contributed by atoms with Gasteiger partial charge in [-0.2, -0.15) is 0 Å². The number of carbonyl (C=O) groups excluding carboxylic acids is 1. The zero-order valence-electron chi connectivity index (χ0n) is 12.8. The zero-order valence-corrected chi connectivity index (χ0v) is 13.5. The summed E-state index contributed by atoms with van der Waals surface area (Å²) in [5.41, 5.74) is 7.17. The Bertz CT molecular complexity index is 681. The monoisotopic (exact) mass is 330 g/mol. The van der Waals surface area contributed by atoms with Gasteiger partial charge in [-0.15, -0.1) is 0 Å². The smallest absolute Gasteiger partial charge is 0.252 e. The van der Waals surface area contributed by atoms with E-state index >= 15 is 0 Å². The summed E-state index contributed by atoms with van der Waals surface area (Å²) in [5.74, 6) is 0.253. The number of carbonyl (C=O) groups is 1. The Morgan fingerprint density at radius 2 is 1.83 bits per heavy atom. The van der Waals surface area contributed by atoms with E-state index in [0.717, 1.165) is 37.7 Å². The van der Waals surface area contributed by atoms with Gasteiger partial charge < -0.3 is 10.6 Å². The number of primary amides is 1. The molecule has 0 spiro atoms. The van der Waals surface area contributed by atoms with Gasteiger partial charge in [0.2, 0.25) is 0 Å². The van der Waals surface area contributed by atoms with Crippen LogP contribution in [0, 0.1) is 0 Å². The lowest BCUT2D eigenvalue weighted by Gasteiger charge is -2.36. The maximum Gasteiger partial charge on any atom is 0.252 e. The molecule has 0 aliphatic carbocycles. The van der Waals surface area contributed by atoms with Crippen LogP contribution in [0.3, 0.4) is 0 Å². The molecule has 23 heavy (non-hydrogen) atoms. The molecule has 0 radical (unpaired) electrons. The Kier molecular flexibility index (Phi) is 4.79. The number of amides is 1. The lowest BCUT2D eigenvalue weighted by molar-refractivity contribution is 0.1000. The highest BCUT2D eigenvalue weighted by molar-refractivity contribution is 6.30. The van der Waals surface area contributed by atoms with Crippen LogP contribution < -0.4 is 10.6 Å². The SMILES string of the molecule is NC(=O)c1cccnc1N1CCN(Cc2ccc(Cl)cc2)CC1. The number of nitrogens with zero attached hydrogens (tertiary/aromatic N) is 3. The minimum Gasteiger partial charge on any atom is -0.365 e. The van der Waals surface area contributed by atoms with Gasteiger partial charge in [-0.3, -0.25) is 9.69 Å². The highest BCUT2D eigenvalue weighted by Crippen LogP contribution is 2.19. The van der Waals surface area contributed by atoms with Gasteiger partial charge in [0, 0.05) is 43.9 Å². The average molecular weight is 331 g/mol. The van der Waals surface area contributed by atoms with Gasteiger partial charge in [0.05, 0.1) is 5.56 Å². The Balaban J connectivity index is 1.62. The molecule has 2 aromatic rings. The predicted octanol–water partition coefficient (Wildman–Crippen LogP) is 2.16. The molecular formula is C17H19ClN4O. The van der Waals surface area contributed by atoms with Crippen molar-refractivity contribution in [3.05, 3.63) is 58.7 Å². The molecule has 120 valence electrons. The second kappa shape index (κ2) is 6.98. The molecule has 2 N–H and O–H groups in total. The molecule has 6 heteroatoms. The molecule has 1 aliphatic heterocycles. The van der Waals surface area contributed by atoms with E-state index in [4.69, 9.17) is 17.3 Å². The normalized spacial score (nSPS) is 15.6. The number of benzene rings is 1. The molecule has 0 bridgehead atoms. The maximum atomic E-state index is 11.5.